The standard InChI is InChI=1S/C18H19N5/c1-3-14-11-19-9-5-16(14)17(4-1)22-15-6-10-23(12-15)13-18-20-7-2-8-21-18/h1-5,7-9,11,15,22H,6,10,12-13H2/t15-/m1/s1. The Morgan fingerprint density at radius 2 is 2.00 bits per heavy atom. The molecule has 5 heteroatoms. The van der Waals surface area contributed by atoms with Crippen molar-refractivity contribution in [1.29, 1.82) is 0 Å². The quantitative estimate of drug-likeness (QED) is 0.803. The number of anilines is 1. The predicted octanol–water partition coefficient (Wildman–Crippen LogP) is 2.71. The van der Waals surface area contributed by atoms with Crippen molar-refractivity contribution in [2.75, 3.05) is 18.4 Å². The van der Waals surface area contributed by atoms with Gasteiger partial charge < -0.3 is 5.32 Å². The zero-order chi connectivity index (χ0) is 15.5. The molecule has 0 spiro atoms. The summed E-state index contributed by atoms with van der Waals surface area (Å²) in [5, 5.41) is 6.09. The number of hydrogen-bond acceptors (Lipinski definition) is 5. The van der Waals surface area contributed by atoms with Crippen LogP contribution in [0.2, 0.25) is 0 Å². The van der Waals surface area contributed by atoms with Crippen molar-refractivity contribution in [3.05, 3.63) is 60.9 Å². The number of likely N-dealkylation sites (tertiary alicyclic amines) is 1. The minimum absolute atomic E-state index is 0.456. The molecule has 1 fully saturated rings. The minimum Gasteiger partial charge on any atom is -0.380 e. The van der Waals surface area contributed by atoms with E-state index in [2.05, 4.69) is 49.4 Å². The first-order chi connectivity index (χ1) is 11.4. The second-order valence-electron chi connectivity index (χ2n) is 5.93. The molecule has 0 radical (unpaired) electrons. The normalized spacial score (nSPS) is 18.3. The number of aromatic nitrogens is 3. The highest BCUT2D eigenvalue weighted by Crippen LogP contribution is 2.25. The van der Waals surface area contributed by atoms with Crippen molar-refractivity contribution < 1.29 is 0 Å². The monoisotopic (exact) mass is 305 g/mol. The average molecular weight is 305 g/mol. The second-order valence-corrected chi connectivity index (χ2v) is 5.93. The maximum absolute atomic E-state index is 4.31. The third-order valence-corrected chi connectivity index (χ3v) is 4.30. The fourth-order valence-corrected chi connectivity index (χ4v) is 3.17. The summed E-state index contributed by atoms with van der Waals surface area (Å²) in [4.78, 5) is 15.2. The Bertz CT molecular complexity index is 784. The van der Waals surface area contributed by atoms with Gasteiger partial charge in [0.2, 0.25) is 0 Å². The van der Waals surface area contributed by atoms with Crippen LogP contribution in [0.1, 0.15) is 12.2 Å². The van der Waals surface area contributed by atoms with Crippen LogP contribution in [0.25, 0.3) is 10.8 Å². The zero-order valence-corrected chi connectivity index (χ0v) is 12.9. The summed E-state index contributed by atoms with van der Waals surface area (Å²) in [6.45, 7) is 2.90. The van der Waals surface area contributed by atoms with Gasteiger partial charge in [0.25, 0.3) is 0 Å². The molecule has 0 amide bonds. The molecule has 3 aromatic rings. The zero-order valence-electron chi connectivity index (χ0n) is 12.9. The minimum atomic E-state index is 0.456. The van der Waals surface area contributed by atoms with E-state index in [1.54, 1.807) is 12.4 Å². The Kier molecular flexibility index (Phi) is 3.86. The highest BCUT2D eigenvalue weighted by molar-refractivity contribution is 5.93. The second kappa shape index (κ2) is 6.30. The van der Waals surface area contributed by atoms with E-state index in [0.29, 0.717) is 6.04 Å². The molecule has 3 heterocycles. The Labute approximate surface area is 135 Å². The fraction of sp³-hybridized carbons (Fsp3) is 0.278. The molecule has 5 nitrogen and oxygen atoms in total. The first-order valence-corrected chi connectivity index (χ1v) is 7.96. The number of fused-ring (bicyclic) bond motifs is 1. The average Bonchev–Trinajstić information content (AvgIpc) is 3.03. The maximum Gasteiger partial charge on any atom is 0.142 e. The third-order valence-electron chi connectivity index (χ3n) is 4.30. The number of pyridine rings is 1. The summed E-state index contributed by atoms with van der Waals surface area (Å²) < 4.78 is 0. The van der Waals surface area contributed by atoms with Crippen LogP contribution in [0.3, 0.4) is 0 Å². The van der Waals surface area contributed by atoms with Gasteiger partial charge in [0, 0.05) is 60.4 Å². The molecule has 1 saturated heterocycles. The van der Waals surface area contributed by atoms with E-state index in [0.717, 1.165) is 31.9 Å². The number of hydrogen-bond donors (Lipinski definition) is 1. The first kappa shape index (κ1) is 14.1. The van der Waals surface area contributed by atoms with E-state index in [1.165, 1.54) is 16.5 Å². The van der Waals surface area contributed by atoms with Gasteiger partial charge in [0.05, 0.1) is 6.54 Å². The van der Waals surface area contributed by atoms with Gasteiger partial charge in [-0.05, 0) is 24.6 Å². The molecule has 1 aliphatic rings. The van der Waals surface area contributed by atoms with Gasteiger partial charge in [0.1, 0.15) is 5.82 Å². The van der Waals surface area contributed by atoms with Crippen LogP contribution in [0.4, 0.5) is 5.69 Å². The molecule has 0 unspecified atom stereocenters. The number of nitrogens with one attached hydrogen (secondary N) is 1. The molecule has 1 atom stereocenters. The van der Waals surface area contributed by atoms with Gasteiger partial charge in [-0.3, -0.25) is 9.88 Å². The summed E-state index contributed by atoms with van der Waals surface area (Å²) in [5.74, 6) is 0.893. The van der Waals surface area contributed by atoms with Crippen LogP contribution in [0, 0.1) is 0 Å². The summed E-state index contributed by atoms with van der Waals surface area (Å²) >= 11 is 0. The van der Waals surface area contributed by atoms with Gasteiger partial charge >= 0.3 is 0 Å². The van der Waals surface area contributed by atoms with E-state index in [-0.39, 0.29) is 0 Å². The van der Waals surface area contributed by atoms with Crippen LogP contribution in [-0.4, -0.2) is 39.0 Å². The van der Waals surface area contributed by atoms with Gasteiger partial charge in [-0.25, -0.2) is 9.97 Å². The van der Waals surface area contributed by atoms with Crippen molar-refractivity contribution in [2.45, 2.75) is 19.0 Å². The van der Waals surface area contributed by atoms with Crippen LogP contribution >= 0.6 is 0 Å². The lowest BCUT2D eigenvalue weighted by atomic mass is 10.1. The predicted molar refractivity (Wildman–Crippen MR) is 91.1 cm³/mol. The van der Waals surface area contributed by atoms with Crippen LogP contribution in [-0.2, 0) is 6.54 Å². The lowest BCUT2D eigenvalue weighted by Gasteiger charge is -2.17. The fourth-order valence-electron chi connectivity index (χ4n) is 3.17. The van der Waals surface area contributed by atoms with Gasteiger partial charge in [-0.15, -0.1) is 0 Å². The van der Waals surface area contributed by atoms with Crippen LogP contribution in [0.5, 0.6) is 0 Å². The number of benzene rings is 1. The van der Waals surface area contributed by atoms with Crippen molar-refractivity contribution in [1.82, 2.24) is 19.9 Å². The molecule has 116 valence electrons. The molecular weight excluding hydrogens is 286 g/mol. The number of nitrogens with zero attached hydrogens (tertiary/aromatic N) is 4. The molecule has 0 bridgehead atoms. The molecule has 2 aromatic heterocycles. The topological polar surface area (TPSA) is 53.9 Å². The molecule has 0 saturated carbocycles. The number of rotatable bonds is 4. The molecular formula is C18H19N5. The van der Waals surface area contributed by atoms with Crippen LogP contribution in [0.15, 0.2) is 55.1 Å². The Morgan fingerprint density at radius 3 is 2.91 bits per heavy atom. The first-order valence-electron chi connectivity index (χ1n) is 7.96. The lowest BCUT2D eigenvalue weighted by Crippen LogP contribution is -2.26. The largest absolute Gasteiger partial charge is 0.380 e. The van der Waals surface area contributed by atoms with Gasteiger partial charge in [0.15, 0.2) is 0 Å². The maximum atomic E-state index is 4.31. The Morgan fingerprint density at radius 1 is 1.09 bits per heavy atom. The summed E-state index contributed by atoms with van der Waals surface area (Å²) in [6.07, 6.45) is 8.50. The highest BCUT2D eigenvalue weighted by atomic mass is 15.2. The smallest absolute Gasteiger partial charge is 0.142 e. The van der Waals surface area contributed by atoms with E-state index in [4.69, 9.17) is 0 Å². The van der Waals surface area contributed by atoms with E-state index in [9.17, 15) is 0 Å². The van der Waals surface area contributed by atoms with E-state index < -0.39 is 0 Å². The van der Waals surface area contributed by atoms with Crippen molar-refractivity contribution in [3.8, 4) is 0 Å². The molecule has 23 heavy (non-hydrogen) atoms. The Hall–Kier alpha value is -2.53. The van der Waals surface area contributed by atoms with Crippen molar-refractivity contribution in [2.24, 2.45) is 0 Å². The molecule has 1 aromatic carbocycles. The lowest BCUT2D eigenvalue weighted by molar-refractivity contribution is 0.320. The summed E-state index contributed by atoms with van der Waals surface area (Å²) in [7, 11) is 0. The van der Waals surface area contributed by atoms with Crippen LogP contribution < -0.4 is 5.32 Å². The van der Waals surface area contributed by atoms with E-state index >= 15 is 0 Å². The third kappa shape index (κ3) is 3.14. The van der Waals surface area contributed by atoms with Gasteiger partial charge in [-0.1, -0.05) is 12.1 Å². The van der Waals surface area contributed by atoms with E-state index in [1.807, 2.05) is 18.5 Å². The summed E-state index contributed by atoms with van der Waals surface area (Å²) in [5.41, 5.74) is 1.19. The van der Waals surface area contributed by atoms with Crippen molar-refractivity contribution >= 4 is 16.5 Å². The summed E-state index contributed by atoms with van der Waals surface area (Å²) in [6, 6.07) is 10.7. The highest BCUT2D eigenvalue weighted by Gasteiger charge is 2.23. The van der Waals surface area contributed by atoms with Gasteiger partial charge in [-0.2, -0.15) is 0 Å². The van der Waals surface area contributed by atoms with Crippen molar-refractivity contribution in [3.63, 3.8) is 0 Å². The molecule has 1 N–H and O–H groups in total. The SMILES string of the molecule is c1cnc(CN2CC[C@@H](Nc3cccc4cnccc34)C2)nc1. The molecule has 0 aliphatic carbocycles. The Balaban J connectivity index is 1.44. The molecule has 1 aliphatic heterocycles. The molecule has 4 rings (SSSR count).